The summed E-state index contributed by atoms with van der Waals surface area (Å²) in [6.45, 7) is -0.434. The van der Waals surface area contributed by atoms with Gasteiger partial charge in [0, 0.05) is 17.2 Å². The summed E-state index contributed by atoms with van der Waals surface area (Å²) >= 11 is 0. The number of ketones is 1. The van der Waals surface area contributed by atoms with E-state index in [1.807, 2.05) is 30.3 Å². The van der Waals surface area contributed by atoms with Gasteiger partial charge in [-0.25, -0.2) is 9.48 Å². The molecule has 1 heterocycles. The maximum atomic E-state index is 13.1. The van der Waals surface area contributed by atoms with E-state index < -0.39 is 30.1 Å². The fraction of sp³-hybridized carbons (Fsp3) is 0.0769. The molecule has 0 aliphatic heterocycles. The largest absolute Gasteiger partial charge is 0.454 e. The van der Waals surface area contributed by atoms with E-state index in [1.54, 1.807) is 18.2 Å². The van der Waals surface area contributed by atoms with Crippen molar-refractivity contribution in [2.24, 2.45) is 0 Å². The van der Waals surface area contributed by atoms with E-state index in [1.165, 1.54) is 41.2 Å². The molecule has 0 saturated heterocycles. The number of Topliss-reactive ketones (excluding diaryl/α,β-unsaturated/α-hetero) is 1. The minimum atomic E-state index is -4.48. The van der Waals surface area contributed by atoms with Gasteiger partial charge in [0.25, 0.3) is 0 Å². The lowest BCUT2D eigenvalue weighted by atomic mass is 10.1. The van der Waals surface area contributed by atoms with Gasteiger partial charge in [0.1, 0.15) is 0 Å². The third-order valence-corrected chi connectivity index (χ3v) is 5.03. The standard InChI is InChI=1S/C26H18F3N3O3/c27-26(28,29)21-8-4-7-20(15-21)23-16-30-31-32(23)22-12-10-19(11-13-22)24(33)17-35-25(34)14-9-18-5-2-1-3-6-18/h1-16H,17H2. The van der Waals surface area contributed by atoms with Crippen molar-refractivity contribution in [1.29, 1.82) is 0 Å². The first-order valence-electron chi connectivity index (χ1n) is 10.4. The smallest absolute Gasteiger partial charge is 0.416 e. The molecule has 0 amide bonds. The van der Waals surface area contributed by atoms with Crippen molar-refractivity contribution in [3.8, 4) is 16.9 Å². The summed E-state index contributed by atoms with van der Waals surface area (Å²) in [5.41, 5.74) is 1.49. The summed E-state index contributed by atoms with van der Waals surface area (Å²) in [6, 6.07) is 20.2. The lowest BCUT2D eigenvalue weighted by molar-refractivity contribution is -0.138. The zero-order valence-corrected chi connectivity index (χ0v) is 18.1. The second kappa shape index (κ2) is 10.2. The van der Waals surface area contributed by atoms with Gasteiger partial charge in [-0.15, -0.1) is 5.10 Å². The van der Waals surface area contributed by atoms with Crippen LogP contribution in [0.5, 0.6) is 0 Å². The summed E-state index contributed by atoms with van der Waals surface area (Å²) in [7, 11) is 0. The van der Waals surface area contributed by atoms with E-state index >= 15 is 0 Å². The van der Waals surface area contributed by atoms with Crippen LogP contribution in [0.4, 0.5) is 13.2 Å². The Labute approximate surface area is 198 Å². The number of ether oxygens (including phenoxy) is 1. The van der Waals surface area contributed by atoms with Crippen LogP contribution in [0.25, 0.3) is 23.0 Å². The van der Waals surface area contributed by atoms with Gasteiger partial charge in [0.2, 0.25) is 0 Å². The molecule has 6 nitrogen and oxygen atoms in total. The highest BCUT2D eigenvalue weighted by Crippen LogP contribution is 2.32. The zero-order chi connectivity index (χ0) is 24.8. The Bertz CT molecular complexity index is 1360. The maximum absolute atomic E-state index is 13.1. The Hall–Kier alpha value is -4.53. The summed E-state index contributed by atoms with van der Waals surface area (Å²) in [5.74, 6) is -1.05. The molecule has 4 aromatic rings. The quantitative estimate of drug-likeness (QED) is 0.203. The molecular formula is C26H18F3N3O3. The number of hydrogen-bond acceptors (Lipinski definition) is 5. The Kier molecular flexibility index (Phi) is 6.86. The third-order valence-electron chi connectivity index (χ3n) is 5.03. The van der Waals surface area contributed by atoms with Crippen LogP contribution in [0.2, 0.25) is 0 Å². The van der Waals surface area contributed by atoms with Crippen molar-refractivity contribution in [3.05, 3.63) is 108 Å². The molecule has 0 saturated carbocycles. The predicted molar refractivity (Wildman–Crippen MR) is 123 cm³/mol. The molecule has 0 unspecified atom stereocenters. The van der Waals surface area contributed by atoms with E-state index in [4.69, 9.17) is 4.74 Å². The Morgan fingerprint density at radius 1 is 0.943 bits per heavy atom. The first-order valence-corrected chi connectivity index (χ1v) is 10.4. The summed E-state index contributed by atoms with van der Waals surface area (Å²) in [5, 5.41) is 7.77. The lowest BCUT2D eigenvalue weighted by Crippen LogP contribution is -2.12. The highest BCUT2D eigenvalue weighted by atomic mass is 19.4. The van der Waals surface area contributed by atoms with Gasteiger partial charge in [-0.3, -0.25) is 4.79 Å². The number of rotatable bonds is 7. The van der Waals surface area contributed by atoms with Crippen LogP contribution in [0.15, 0.2) is 91.1 Å². The van der Waals surface area contributed by atoms with Gasteiger partial charge in [0.05, 0.1) is 23.1 Å². The SMILES string of the molecule is O=C(C=Cc1ccccc1)OCC(=O)c1ccc(-n2nncc2-c2cccc(C(F)(F)F)c2)cc1. The lowest BCUT2D eigenvalue weighted by Gasteiger charge is -2.10. The maximum Gasteiger partial charge on any atom is 0.416 e. The molecule has 0 aliphatic rings. The van der Waals surface area contributed by atoms with Crippen molar-refractivity contribution < 1.29 is 27.5 Å². The predicted octanol–water partition coefficient (Wildman–Crippen LogP) is 5.39. The van der Waals surface area contributed by atoms with E-state index in [2.05, 4.69) is 10.3 Å². The van der Waals surface area contributed by atoms with Gasteiger partial charge in [0.15, 0.2) is 12.4 Å². The first kappa shape index (κ1) is 23.6. The van der Waals surface area contributed by atoms with Crippen molar-refractivity contribution in [2.75, 3.05) is 6.61 Å². The number of halogens is 3. The van der Waals surface area contributed by atoms with E-state index in [0.29, 0.717) is 22.5 Å². The number of nitrogens with zero attached hydrogens (tertiary/aromatic N) is 3. The normalized spacial score (nSPS) is 11.5. The molecule has 0 spiro atoms. The van der Waals surface area contributed by atoms with Crippen LogP contribution in [-0.4, -0.2) is 33.4 Å². The Balaban J connectivity index is 1.43. The number of aromatic nitrogens is 3. The minimum absolute atomic E-state index is 0.292. The number of hydrogen-bond donors (Lipinski definition) is 0. The third kappa shape index (κ3) is 5.89. The van der Waals surface area contributed by atoms with Crippen molar-refractivity contribution >= 4 is 17.8 Å². The fourth-order valence-corrected chi connectivity index (χ4v) is 3.26. The minimum Gasteiger partial charge on any atom is -0.454 e. The molecule has 9 heteroatoms. The zero-order valence-electron chi connectivity index (χ0n) is 18.1. The van der Waals surface area contributed by atoms with Gasteiger partial charge in [-0.1, -0.05) is 47.7 Å². The molecule has 0 radical (unpaired) electrons. The molecule has 0 fully saturated rings. The van der Waals surface area contributed by atoms with Crippen LogP contribution < -0.4 is 0 Å². The van der Waals surface area contributed by atoms with E-state index in [0.717, 1.165) is 17.7 Å². The highest BCUT2D eigenvalue weighted by molar-refractivity contribution is 5.99. The van der Waals surface area contributed by atoms with Crippen LogP contribution in [0.3, 0.4) is 0 Å². The van der Waals surface area contributed by atoms with Crippen LogP contribution in [0, 0.1) is 0 Å². The molecule has 0 aliphatic carbocycles. The summed E-state index contributed by atoms with van der Waals surface area (Å²) in [4.78, 5) is 24.3. The second-order valence-electron chi connectivity index (χ2n) is 7.43. The molecule has 0 N–H and O–H groups in total. The number of alkyl halides is 3. The summed E-state index contributed by atoms with van der Waals surface area (Å²) in [6.07, 6.45) is -0.290. The molecule has 0 atom stereocenters. The molecule has 3 aromatic carbocycles. The van der Waals surface area contributed by atoms with Crippen molar-refractivity contribution in [3.63, 3.8) is 0 Å². The Morgan fingerprint density at radius 2 is 1.69 bits per heavy atom. The van der Waals surface area contributed by atoms with E-state index in [-0.39, 0.29) is 0 Å². The topological polar surface area (TPSA) is 74.1 Å². The average Bonchev–Trinajstić information content (AvgIpc) is 3.36. The Morgan fingerprint density at radius 3 is 2.40 bits per heavy atom. The average molecular weight is 477 g/mol. The first-order chi connectivity index (χ1) is 16.8. The molecular weight excluding hydrogens is 459 g/mol. The van der Waals surface area contributed by atoms with Gasteiger partial charge >= 0.3 is 12.1 Å². The number of esters is 1. The fourth-order valence-electron chi connectivity index (χ4n) is 3.26. The molecule has 35 heavy (non-hydrogen) atoms. The van der Waals surface area contributed by atoms with Crippen LogP contribution in [-0.2, 0) is 15.7 Å². The van der Waals surface area contributed by atoms with Crippen LogP contribution in [0.1, 0.15) is 21.5 Å². The molecule has 4 rings (SSSR count). The number of carbonyl (C=O) groups excluding carboxylic acids is 2. The summed E-state index contributed by atoms with van der Waals surface area (Å²) < 4.78 is 45.6. The molecule has 176 valence electrons. The number of carbonyl (C=O) groups is 2. The van der Waals surface area contributed by atoms with Gasteiger partial charge in [-0.2, -0.15) is 13.2 Å². The number of benzene rings is 3. The molecule has 1 aromatic heterocycles. The second-order valence-corrected chi connectivity index (χ2v) is 7.43. The van der Waals surface area contributed by atoms with Crippen molar-refractivity contribution in [1.82, 2.24) is 15.0 Å². The monoisotopic (exact) mass is 477 g/mol. The molecule has 0 bridgehead atoms. The van der Waals surface area contributed by atoms with Crippen molar-refractivity contribution in [2.45, 2.75) is 6.18 Å². The van der Waals surface area contributed by atoms with Crippen LogP contribution >= 0.6 is 0 Å². The highest BCUT2D eigenvalue weighted by Gasteiger charge is 2.30. The van der Waals surface area contributed by atoms with Gasteiger partial charge < -0.3 is 4.74 Å². The van der Waals surface area contributed by atoms with Gasteiger partial charge in [-0.05, 0) is 48.0 Å². The van der Waals surface area contributed by atoms with E-state index in [9.17, 15) is 22.8 Å².